The Labute approximate surface area is 136 Å². The molecule has 1 aromatic heterocycles. The Morgan fingerprint density at radius 1 is 1.30 bits per heavy atom. The number of guanidine groups is 1. The minimum absolute atomic E-state index is 0.260. The molecule has 3 N–H and O–H groups in total. The highest BCUT2D eigenvalue weighted by molar-refractivity contribution is 5.77. The molecule has 2 aromatic rings. The van der Waals surface area contributed by atoms with E-state index in [9.17, 15) is 4.39 Å². The molecule has 1 aromatic carbocycles. The molecule has 5 nitrogen and oxygen atoms in total. The van der Waals surface area contributed by atoms with Gasteiger partial charge in [0.25, 0.3) is 0 Å². The molecule has 2 rings (SSSR count). The lowest BCUT2D eigenvalue weighted by Gasteiger charge is -2.13. The highest BCUT2D eigenvalue weighted by Crippen LogP contribution is 2.18. The molecule has 0 aliphatic heterocycles. The fourth-order valence-electron chi connectivity index (χ4n) is 2.11. The van der Waals surface area contributed by atoms with Crippen molar-refractivity contribution in [2.75, 3.05) is 25.5 Å². The molecule has 0 unspecified atom stereocenters. The summed E-state index contributed by atoms with van der Waals surface area (Å²) in [6, 6.07) is 10.9. The maximum atomic E-state index is 13.9. The van der Waals surface area contributed by atoms with Crippen LogP contribution in [0.1, 0.15) is 11.3 Å². The van der Waals surface area contributed by atoms with E-state index in [-0.39, 0.29) is 5.82 Å². The maximum Gasteiger partial charge on any atom is 0.188 e. The molecule has 122 valence electrons. The van der Waals surface area contributed by atoms with Crippen molar-refractivity contribution in [2.24, 2.45) is 10.7 Å². The van der Waals surface area contributed by atoms with Crippen molar-refractivity contribution in [3.05, 3.63) is 59.7 Å². The van der Waals surface area contributed by atoms with E-state index < -0.39 is 0 Å². The maximum absolute atomic E-state index is 13.9. The monoisotopic (exact) mass is 315 g/mol. The molecule has 0 saturated carbocycles. The smallest absolute Gasteiger partial charge is 0.188 e. The van der Waals surface area contributed by atoms with Gasteiger partial charge in [-0.15, -0.1) is 0 Å². The summed E-state index contributed by atoms with van der Waals surface area (Å²) in [6.45, 7) is 0.993. The Bertz CT molecular complexity index is 655. The van der Waals surface area contributed by atoms with Gasteiger partial charge < -0.3 is 16.0 Å². The van der Waals surface area contributed by atoms with Gasteiger partial charge in [-0.05, 0) is 29.8 Å². The fourth-order valence-corrected chi connectivity index (χ4v) is 2.11. The average molecular weight is 315 g/mol. The quantitative estimate of drug-likeness (QED) is 0.631. The molecule has 6 heteroatoms. The summed E-state index contributed by atoms with van der Waals surface area (Å²) >= 11 is 0. The lowest BCUT2D eigenvalue weighted by molar-refractivity contribution is 0.624. The predicted molar refractivity (Wildman–Crippen MR) is 92.0 cm³/mol. The third-order valence-corrected chi connectivity index (χ3v) is 3.34. The first kappa shape index (κ1) is 16.7. The summed E-state index contributed by atoms with van der Waals surface area (Å²) in [5.41, 5.74) is 8.15. The summed E-state index contributed by atoms with van der Waals surface area (Å²) in [7, 11) is 3.61. The van der Waals surface area contributed by atoms with Crippen LogP contribution >= 0.6 is 0 Å². The van der Waals surface area contributed by atoms with Crippen LogP contribution in [-0.2, 0) is 13.0 Å². The van der Waals surface area contributed by atoms with Crippen LogP contribution in [0.3, 0.4) is 0 Å². The van der Waals surface area contributed by atoms with E-state index in [1.54, 1.807) is 31.3 Å². The number of nitrogens with two attached hydrogens (primary N) is 1. The second-order valence-corrected chi connectivity index (χ2v) is 5.38. The van der Waals surface area contributed by atoms with Gasteiger partial charge in [-0.3, -0.25) is 4.98 Å². The van der Waals surface area contributed by atoms with Crippen LogP contribution in [0.25, 0.3) is 0 Å². The zero-order valence-corrected chi connectivity index (χ0v) is 13.5. The Morgan fingerprint density at radius 3 is 2.78 bits per heavy atom. The van der Waals surface area contributed by atoms with Crippen molar-refractivity contribution < 1.29 is 4.39 Å². The van der Waals surface area contributed by atoms with E-state index in [0.717, 1.165) is 17.7 Å². The van der Waals surface area contributed by atoms with E-state index >= 15 is 0 Å². The number of aromatic nitrogens is 1. The number of nitrogens with zero attached hydrogens (tertiary/aromatic N) is 3. The second kappa shape index (κ2) is 8.12. The van der Waals surface area contributed by atoms with Gasteiger partial charge in [-0.1, -0.05) is 12.1 Å². The molecule has 0 aliphatic rings. The molecule has 0 saturated heterocycles. The van der Waals surface area contributed by atoms with Crippen LogP contribution < -0.4 is 16.0 Å². The van der Waals surface area contributed by atoms with Gasteiger partial charge in [0, 0.05) is 39.0 Å². The first-order valence-electron chi connectivity index (χ1n) is 7.45. The fraction of sp³-hybridized carbons (Fsp3) is 0.294. The normalized spacial score (nSPS) is 11.3. The van der Waals surface area contributed by atoms with Crippen molar-refractivity contribution >= 4 is 11.6 Å². The van der Waals surface area contributed by atoms with Crippen LogP contribution in [0.4, 0.5) is 10.1 Å². The predicted octanol–water partition coefficient (Wildman–Crippen LogP) is 1.93. The Kier molecular flexibility index (Phi) is 5.91. The zero-order chi connectivity index (χ0) is 16.7. The minimum atomic E-state index is -0.260. The SMILES string of the molecule is CN(C)c1ccc(CN=C(N)NCCc2ccccn2)cc1F. The van der Waals surface area contributed by atoms with Crippen LogP contribution in [0.15, 0.2) is 47.6 Å². The highest BCUT2D eigenvalue weighted by Gasteiger charge is 2.05. The van der Waals surface area contributed by atoms with Gasteiger partial charge in [-0.2, -0.15) is 0 Å². The first-order chi connectivity index (χ1) is 11.1. The molecule has 1 heterocycles. The molecule has 0 atom stereocenters. The number of benzene rings is 1. The number of halogens is 1. The first-order valence-corrected chi connectivity index (χ1v) is 7.45. The highest BCUT2D eigenvalue weighted by atomic mass is 19.1. The van der Waals surface area contributed by atoms with Gasteiger partial charge in [0.1, 0.15) is 5.82 Å². The number of anilines is 1. The van der Waals surface area contributed by atoms with E-state index in [1.165, 1.54) is 6.07 Å². The van der Waals surface area contributed by atoms with Gasteiger partial charge >= 0.3 is 0 Å². The van der Waals surface area contributed by atoms with E-state index in [1.807, 2.05) is 24.3 Å². The lowest BCUT2D eigenvalue weighted by atomic mass is 10.2. The van der Waals surface area contributed by atoms with Crippen LogP contribution in [0.5, 0.6) is 0 Å². The van der Waals surface area contributed by atoms with Crippen molar-refractivity contribution in [1.29, 1.82) is 0 Å². The molecule has 0 spiro atoms. The van der Waals surface area contributed by atoms with Crippen molar-refractivity contribution in [3.63, 3.8) is 0 Å². The number of nitrogens with one attached hydrogen (secondary N) is 1. The van der Waals surface area contributed by atoms with Gasteiger partial charge in [0.05, 0.1) is 12.2 Å². The number of aliphatic imine (C=N–C) groups is 1. The van der Waals surface area contributed by atoms with E-state index in [4.69, 9.17) is 5.73 Å². The third-order valence-electron chi connectivity index (χ3n) is 3.34. The second-order valence-electron chi connectivity index (χ2n) is 5.38. The summed E-state index contributed by atoms with van der Waals surface area (Å²) < 4.78 is 13.9. The summed E-state index contributed by atoms with van der Waals surface area (Å²) in [4.78, 5) is 10.2. The Morgan fingerprint density at radius 2 is 2.13 bits per heavy atom. The molecule has 23 heavy (non-hydrogen) atoms. The van der Waals surface area contributed by atoms with E-state index in [0.29, 0.717) is 24.7 Å². The van der Waals surface area contributed by atoms with Gasteiger partial charge in [0.2, 0.25) is 0 Å². The van der Waals surface area contributed by atoms with Crippen molar-refractivity contribution in [3.8, 4) is 0 Å². The van der Waals surface area contributed by atoms with E-state index in [2.05, 4.69) is 15.3 Å². The summed E-state index contributed by atoms with van der Waals surface area (Å²) in [6.07, 6.45) is 2.53. The van der Waals surface area contributed by atoms with Crippen molar-refractivity contribution in [1.82, 2.24) is 10.3 Å². The molecule has 0 amide bonds. The molecule has 0 fully saturated rings. The summed E-state index contributed by atoms with van der Waals surface area (Å²) in [5, 5.41) is 3.03. The summed E-state index contributed by atoms with van der Waals surface area (Å²) in [5.74, 6) is 0.0856. The molecular formula is C17H22FN5. The number of hydrogen-bond acceptors (Lipinski definition) is 3. The Hall–Kier alpha value is -2.63. The van der Waals surface area contributed by atoms with Crippen LogP contribution in [-0.4, -0.2) is 31.6 Å². The average Bonchev–Trinajstić information content (AvgIpc) is 2.53. The minimum Gasteiger partial charge on any atom is -0.375 e. The van der Waals surface area contributed by atoms with Gasteiger partial charge in [0.15, 0.2) is 5.96 Å². The topological polar surface area (TPSA) is 66.5 Å². The number of pyridine rings is 1. The molecular weight excluding hydrogens is 293 g/mol. The third kappa shape index (κ3) is 5.25. The number of hydrogen-bond donors (Lipinski definition) is 2. The van der Waals surface area contributed by atoms with Crippen LogP contribution in [0, 0.1) is 5.82 Å². The largest absolute Gasteiger partial charge is 0.375 e. The molecule has 0 aliphatic carbocycles. The molecule has 0 bridgehead atoms. The van der Waals surface area contributed by atoms with Crippen LogP contribution in [0.2, 0.25) is 0 Å². The Balaban J connectivity index is 1.83. The zero-order valence-electron chi connectivity index (χ0n) is 13.5. The standard InChI is InChI=1S/C17H22FN5/c1-23(2)16-7-6-13(11-15(16)18)12-22-17(19)21-10-8-14-5-3-4-9-20-14/h3-7,9,11H,8,10,12H2,1-2H3,(H3,19,21,22). The lowest BCUT2D eigenvalue weighted by Crippen LogP contribution is -2.33. The molecule has 0 radical (unpaired) electrons. The van der Waals surface area contributed by atoms with Gasteiger partial charge in [-0.25, -0.2) is 9.38 Å². The number of rotatable bonds is 6. The van der Waals surface area contributed by atoms with Crippen molar-refractivity contribution in [2.45, 2.75) is 13.0 Å².